The quantitative estimate of drug-likeness (QED) is 0.506. The van der Waals surface area contributed by atoms with Crippen molar-refractivity contribution >= 4 is 21.8 Å². The first-order valence-electron chi connectivity index (χ1n) is 6.14. The Labute approximate surface area is 102 Å². The van der Waals surface area contributed by atoms with Gasteiger partial charge in [-0.2, -0.15) is 0 Å². The molecule has 90 valence electrons. The second kappa shape index (κ2) is 10.5. The van der Waals surface area contributed by atoms with Gasteiger partial charge in [0.15, 0.2) is 0 Å². The number of alkyl halides is 1. The van der Waals surface area contributed by atoms with Crippen molar-refractivity contribution in [3.05, 3.63) is 0 Å². The summed E-state index contributed by atoms with van der Waals surface area (Å²) in [5.41, 5.74) is 0. The highest BCUT2D eigenvalue weighted by molar-refractivity contribution is 9.10. The van der Waals surface area contributed by atoms with E-state index in [0.29, 0.717) is 0 Å². The smallest absolute Gasteiger partial charge is 0.233 e. The highest BCUT2D eigenvalue weighted by Gasteiger charge is 2.10. The van der Waals surface area contributed by atoms with Gasteiger partial charge in [0.1, 0.15) is 0 Å². The van der Waals surface area contributed by atoms with E-state index >= 15 is 0 Å². The molecule has 3 heteroatoms. The maximum Gasteiger partial charge on any atom is 0.233 e. The van der Waals surface area contributed by atoms with E-state index in [4.69, 9.17) is 0 Å². The standard InChI is InChI=1S/C12H24BrNO/c1-3-5-6-7-8-9-10-14-12(15)11(13)4-2/h11H,3-10H2,1-2H3,(H,14,15). The van der Waals surface area contributed by atoms with E-state index in [-0.39, 0.29) is 10.7 Å². The molecule has 1 unspecified atom stereocenters. The summed E-state index contributed by atoms with van der Waals surface area (Å²) in [4.78, 5) is 11.3. The lowest BCUT2D eigenvalue weighted by molar-refractivity contribution is -0.120. The zero-order chi connectivity index (χ0) is 11.5. The van der Waals surface area contributed by atoms with E-state index in [1.54, 1.807) is 0 Å². The summed E-state index contributed by atoms with van der Waals surface area (Å²) in [5, 5.41) is 2.94. The lowest BCUT2D eigenvalue weighted by Gasteiger charge is -2.08. The summed E-state index contributed by atoms with van der Waals surface area (Å²) < 4.78 is 0. The number of amides is 1. The first kappa shape index (κ1) is 14.9. The zero-order valence-corrected chi connectivity index (χ0v) is 11.6. The van der Waals surface area contributed by atoms with Gasteiger partial charge in [0.2, 0.25) is 5.91 Å². The molecule has 0 aromatic rings. The van der Waals surface area contributed by atoms with Crippen LogP contribution in [0, 0.1) is 0 Å². The van der Waals surface area contributed by atoms with Gasteiger partial charge in [0.25, 0.3) is 0 Å². The Balaban J connectivity index is 3.20. The summed E-state index contributed by atoms with van der Waals surface area (Å²) in [5.74, 6) is 0.131. The highest BCUT2D eigenvalue weighted by atomic mass is 79.9. The number of hydrogen-bond donors (Lipinski definition) is 1. The molecule has 0 bridgehead atoms. The molecule has 2 nitrogen and oxygen atoms in total. The summed E-state index contributed by atoms with van der Waals surface area (Å²) in [6.45, 7) is 5.05. The summed E-state index contributed by atoms with van der Waals surface area (Å²) >= 11 is 3.33. The van der Waals surface area contributed by atoms with E-state index in [0.717, 1.165) is 19.4 Å². The van der Waals surface area contributed by atoms with Gasteiger partial charge in [0.05, 0.1) is 4.83 Å². The Kier molecular flexibility index (Phi) is 10.4. The first-order valence-corrected chi connectivity index (χ1v) is 7.05. The van der Waals surface area contributed by atoms with Gasteiger partial charge in [-0.15, -0.1) is 0 Å². The minimum absolute atomic E-state index is 0.0161. The monoisotopic (exact) mass is 277 g/mol. The van der Waals surface area contributed by atoms with Crippen LogP contribution >= 0.6 is 15.9 Å². The van der Waals surface area contributed by atoms with Crippen LogP contribution in [0.2, 0.25) is 0 Å². The van der Waals surface area contributed by atoms with Gasteiger partial charge in [-0.1, -0.05) is 61.9 Å². The Bertz CT molecular complexity index is 162. The number of rotatable bonds is 9. The largest absolute Gasteiger partial charge is 0.355 e. The van der Waals surface area contributed by atoms with E-state index in [1.165, 1.54) is 32.1 Å². The van der Waals surface area contributed by atoms with Crippen molar-refractivity contribution in [2.75, 3.05) is 6.54 Å². The minimum Gasteiger partial charge on any atom is -0.355 e. The van der Waals surface area contributed by atoms with Crippen molar-refractivity contribution < 1.29 is 4.79 Å². The van der Waals surface area contributed by atoms with Crippen LogP contribution in [0.5, 0.6) is 0 Å². The molecule has 0 saturated heterocycles. The van der Waals surface area contributed by atoms with Crippen LogP contribution in [0.25, 0.3) is 0 Å². The molecule has 0 fully saturated rings. The third-order valence-electron chi connectivity index (χ3n) is 2.47. The lowest BCUT2D eigenvalue weighted by atomic mass is 10.1. The Hall–Kier alpha value is -0.0500. The SMILES string of the molecule is CCCCCCCCNC(=O)C(Br)CC. The summed E-state index contributed by atoms with van der Waals surface area (Å²) in [6.07, 6.45) is 8.46. The number of unbranched alkanes of at least 4 members (excludes halogenated alkanes) is 5. The third-order valence-corrected chi connectivity index (χ3v) is 3.54. The van der Waals surface area contributed by atoms with Crippen LogP contribution in [-0.2, 0) is 4.79 Å². The molecule has 0 rings (SSSR count). The molecule has 1 atom stereocenters. The van der Waals surface area contributed by atoms with Crippen LogP contribution in [0.4, 0.5) is 0 Å². The molecule has 0 aromatic heterocycles. The number of carbonyl (C=O) groups is 1. The normalized spacial score (nSPS) is 12.5. The maximum absolute atomic E-state index is 11.4. The number of nitrogens with one attached hydrogen (secondary N) is 1. The van der Waals surface area contributed by atoms with Gasteiger partial charge in [-0.05, 0) is 12.8 Å². The molecule has 0 saturated carbocycles. The molecule has 15 heavy (non-hydrogen) atoms. The number of carbonyl (C=O) groups excluding carboxylic acids is 1. The molecular formula is C12H24BrNO. The van der Waals surface area contributed by atoms with Crippen LogP contribution in [0.15, 0.2) is 0 Å². The van der Waals surface area contributed by atoms with Gasteiger partial charge in [-0.3, -0.25) is 4.79 Å². The Morgan fingerprint density at radius 1 is 1.13 bits per heavy atom. The summed E-state index contributed by atoms with van der Waals surface area (Å²) in [6, 6.07) is 0. The predicted octanol–water partition coefficient (Wildman–Crippen LogP) is 3.64. The minimum atomic E-state index is -0.0161. The van der Waals surface area contributed by atoms with E-state index in [9.17, 15) is 4.79 Å². The average Bonchev–Trinajstić information content (AvgIpc) is 2.26. The van der Waals surface area contributed by atoms with Crippen molar-refractivity contribution in [1.82, 2.24) is 5.32 Å². The van der Waals surface area contributed by atoms with E-state index in [1.807, 2.05) is 6.92 Å². The Morgan fingerprint density at radius 3 is 2.33 bits per heavy atom. The number of halogens is 1. The summed E-state index contributed by atoms with van der Waals surface area (Å²) in [7, 11) is 0. The van der Waals surface area contributed by atoms with Crippen LogP contribution < -0.4 is 5.32 Å². The Morgan fingerprint density at radius 2 is 1.73 bits per heavy atom. The van der Waals surface area contributed by atoms with Crippen molar-refractivity contribution in [1.29, 1.82) is 0 Å². The maximum atomic E-state index is 11.4. The number of hydrogen-bond acceptors (Lipinski definition) is 1. The van der Waals surface area contributed by atoms with Crippen LogP contribution in [0.3, 0.4) is 0 Å². The van der Waals surface area contributed by atoms with Crippen molar-refractivity contribution in [2.24, 2.45) is 0 Å². The highest BCUT2D eigenvalue weighted by Crippen LogP contribution is 2.05. The van der Waals surface area contributed by atoms with Crippen LogP contribution in [0.1, 0.15) is 58.8 Å². The van der Waals surface area contributed by atoms with Crippen molar-refractivity contribution in [2.45, 2.75) is 63.6 Å². The second-order valence-electron chi connectivity index (χ2n) is 3.93. The van der Waals surface area contributed by atoms with E-state index < -0.39 is 0 Å². The van der Waals surface area contributed by atoms with Crippen molar-refractivity contribution in [3.63, 3.8) is 0 Å². The van der Waals surface area contributed by atoms with Gasteiger partial charge in [0, 0.05) is 6.54 Å². The topological polar surface area (TPSA) is 29.1 Å². The molecule has 1 N–H and O–H groups in total. The molecule has 0 heterocycles. The fourth-order valence-corrected chi connectivity index (χ4v) is 1.57. The van der Waals surface area contributed by atoms with E-state index in [2.05, 4.69) is 28.2 Å². The molecule has 0 aliphatic rings. The van der Waals surface area contributed by atoms with Gasteiger partial charge >= 0.3 is 0 Å². The van der Waals surface area contributed by atoms with Gasteiger partial charge in [-0.25, -0.2) is 0 Å². The zero-order valence-electron chi connectivity index (χ0n) is 10.0. The third kappa shape index (κ3) is 8.91. The van der Waals surface area contributed by atoms with Gasteiger partial charge < -0.3 is 5.32 Å². The molecule has 0 radical (unpaired) electrons. The molecule has 0 aromatic carbocycles. The first-order chi connectivity index (χ1) is 7.22. The predicted molar refractivity (Wildman–Crippen MR) is 69.4 cm³/mol. The lowest BCUT2D eigenvalue weighted by Crippen LogP contribution is -2.31. The molecule has 0 aliphatic heterocycles. The molecule has 0 aliphatic carbocycles. The molecule has 1 amide bonds. The van der Waals surface area contributed by atoms with Crippen LogP contribution in [-0.4, -0.2) is 17.3 Å². The molecular weight excluding hydrogens is 254 g/mol. The fourth-order valence-electron chi connectivity index (χ4n) is 1.41. The fraction of sp³-hybridized carbons (Fsp3) is 0.917. The second-order valence-corrected chi connectivity index (χ2v) is 5.04. The molecule has 0 spiro atoms. The average molecular weight is 278 g/mol. The van der Waals surface area contributed by atoms with Crippen molar-refractivity contribution in [3.8, 4) is 0 Å².